The average Bonchev–Trinajstić information content (AvgIpc) is 1.65. The highest BCUT2D eigenvalue weighted by Crippen LogP contribution is 2.00. The van der Waals surface area contributed by atoms with E-state index in [1.807, 2.05) is 0 Å². The summed E-state index contributed by atoms with van der Waals surface area (Å²) in [4.78, 5) is 0. The molecule has 0 aliphatic rings. The molecule has 0 aromatic heterocycles. The van der Waals surface area contributed by atoms with Gasteiger partial charge in [-0.25, -0.2) is 9.74 Å². The van der Waals surface area contributed by atoms with Crippen molar-refractivity contribution in [2.75, 3.05) is 5.75 Å². The summed E-state index contributed by atoms with van der Waals surface area (Å²) in [6, 6.07) is 0. The molecule has 0 saturated heterocycles. The first-order valence-corrected chi connectivity index (χ1v) is 4.97. The lowest BCUT2D eigenvalue weighted by Gasteiger charge is -2.12. The van der Waals surface area contributed by atoms with Crippen molar-refractivity contribution in [3.63, 3.8) is 0 Å². The van der Waals surface area contributed by atoms with Crippen LogP contribution in [0.1, 0.15) is 20.3 Å². The lowest BCUT2D eigenvalue weighted by molar-refractivity contribution is 0.578. The van der Waals surface area contributed by atoms with E-state index in [9.17, 15) is 4.55 Å². The molecule has 1 nitrogen and oxygen atoms in total. The minimum Gasteiger partial charge on any atom is -0.794 e. The van der Waals surface area contributed by atoms with Crippen LogP contribution in [0.25, 0.3) is 0 Å². The molecule has 3 heteroatoms. The first-order chi connectivity index (χ1) is 3.66. The normalized spacial score (nSPS) is 17.9. The summed E-state index contributed by atoms with van der Waals surface area (Å²) < 4.78 is 10.3. The Morgan fingerprint density at radius 1 is 1.75 bits per heavy atom. The molecular weight excluding hydrogens is 140 g/mol. The van der Waals surface area contributed by atoms with Gasteiger partial charge in [0.15, 0.2) is 0 Å². The second-order valence-electron chi connectivity index (χ2n) is 1.98. The van der Waals surface area contributed by atoms with E-state index in [-0.39, 0.29) is 0 Å². The molecule has 2 unspecified atom stereocenters. The van der Waals surface area contributed by atoms with Crippen molar-refractivity contribution in [1.29, 1.82) is 0 Å². The Bertz CT molecular complexity index is 82.5. The Labute approximate surface area is 57.9 Å². The first kappa shape index (κ1) is 8.53. The Morgan fingerprint density at radius 3 is 2.38 bits per heavy atom. The molecule has 0 aliphatic carbocycles. The third-order valence-corrected chi connectivity index (χ3v) is 2.37. The van der Waals surface area contributed by atoms with Crippen LogP contribution in [0.2, 0.25) is 0 Å². The zero-order chi connectivity index (χ0) is 6.57. The maximum Gasteiger partial charge on any atom is -0.0130 e. The molecule has 0 saturated carbocycles. The van der Waals surface area contributed by atoms with E-state index >= 15 is 0 Å². The zero-order valence-corrected chi connectivity index (χ0v) is 6.85. The summed E-state index contributed by atoms with van der Waals surface area (Å²) in [5.74, 6) is 1.19. The molecule has 0 radical (unpaired) electrons. The van der Waals surface area contributed by atoms with Gasteiger partial charge in [0.2, 0.25) is 0 Å². The number of hydrogen-bond acceptors (Lipinski definition) is 2. The monoisotopic (exact) mass is 151 g/mol. The standard InChI is InChI=1S/C5H12OS2/c1-3-5(2)4-8(6)7/h5H,3-4H2,1-2H3,(H,6,7)/p-1. The van der Waals surface area contributed by atoms with Crippen molar-refractivity contribution in [2.24, 2.45) is 5.92 Å². The Hall–Kier alpha value is 0.530. The van der Waals surface area contributed by atoms with Gasteiger partial charge in [0.25, 0.3) is 0 Å². The van der Waals surface area contributed by atoms with Crippen LogP contribution in [0.15, 0.2) is 0 Å². The van der Waals surface area contributed by atoms with Crippen LogP contribution in [0.5, 0.6) is 0 Å². The highest BCUT2D eigenvalue weighted by Gasteiger charge is 1.93. The van der Waals surface area contributed by atoms with Gasteiger partial charge in [-0.15, -0.1) is 0 Å². The number of rotatable bonds is 3. The van der Waals surface area contributed by atoms with Gasteiger partial charge in [-0.3, -0.25) is 0 Å². The molecule has 0 bridgehead atoms. The first-order valence-electron chi connectivity index (χ1n) is 2.72. The fourth-order valence-electron chi connectivity index (χ4n) is 0.350. The summed E-state index contributed by atoms with van der Waals surface area (Å²) in [5, 5.41) is 0. The SMILES string of the molecule is CCC(C)CS([O-])=S. The van der Waals surface area contributed by atoms with E-state index in [1.165, 1.54) is 0 Å². The minimum absolute atomic E-state index is 0.522. The summed E-state index contributed by atoms with van der Waals surface area (Å²) in [6.45, 7) is 4.14. The number of hydrogen-bond donors (Lipinski definition) is 0. The van der Waals surface area contributed by atoms with E-state index in [1.54, 1.807) is 0 Å². The molecule has 0 aromatic rings. The van der Waals surface area contributed by atoms with Crippen molar-refractivity contribution in [3.8, 4) is 0 Å². The molecule has 0 fully saturated rings. The van der Waals surface area contributed by atoms with Gasteiger partial charge in [-0.1, -0.05) is 31.5 Å². The van der Waals surface area contributed by atoms with Gasteiger partial charge in [-0.05, 0) is 11.7 Å². The molecule has 2 atom stereocenters. The second kappa shape index (κ2) is 4.41. The van der Waals surface area contributed by atoms with Gasteiger partial charge in [0.1, 0.15) is 0 Å². The predicted molar refractivity (Wildman–Crippen MR) is 39.8 cm³/mol. The van der Waals surface area contributed by atoms with Crippen LogP contribution in [0.3, 0.4) is 0 Å². The molecule has 0 spiro atoms. The fourth-order valence-corrected chi connectivity index (χ4v) is 1.75. The third kappa shape index (κ3) is 4.68. The van der Waals surface area contributed by atoms with Gasteiger partial charge in [0, 0.05) is 0 Å². The molecule has 0 amide bonds. The van der Waals surface area contributed by atoms with E-state index in [0.717, 1.165) is 6.42 Å². The van der Waals surface area contributed by atoms with Gasteiger partial charge < -0.3 is 4.55 Å². The molecule has 8 heavy (non-hydrogen) atoms. The second-order valence-corrected chi connectivity index (χ2v) is 4.04. The lowest BCUT2D eigenvalue weighted by atomic mass is 10.2. The van der Waals surface area contributed by atoms with Crippen LogP contribution in [0.4, 0.5) is 0 Å². The Kier molecular flexibility index (Phi) is 4.71. The fraction of sp³-hybridized carbons (Fsp3) is 1.00. The zero-order valence-electron chi connectivity index (χ0n) is 5.22. The van der Waals surface area contributed by atoms with Crippen molar-refractivity contribution in [1.82, 2.24) is 0 Å². The molecule has 0 N–H and O–H groups in total. The van der Waals surface area contributed by atoms with E-state index < -0.39 is 9.74 Å². The van der Waals surface area contributed by atoms with Gasteiger partial charge in [0.05, 0.1) is 0 Å². The predicted octanol–water partition coefficient (Wildman–Crippen LogP) is 1.24. The molecule has 0 aliphatic heterocycles. The summed E-state index contributed by atoms with van der Waals surface area (Å²) in [6.07, 6.45) is 1.07. The van der Waals surface area contributed by atoms with Crippen LogP contribution < -0.4 is 0 Å². The van der Waals surface area contributed by atoms with Crippen molar-refractivity contribution < 1.29 is 4.55 Å². The molecule has 0 heterocycles. The topological polar surface area (TPSA) is 23.1 Å². The molecular formula is C5H11OS2-. The van der Waals surface area contributed by atoms with E-state index in [0.29, 0.717) is 11.7 Å². The lowest BCUT2D eigenvalue weighted by Crippen LogP contribution is -2.04. The quantitative estimate of drug-likeness (QED) is 0.606. The largest absolute Gasteiger partial charge is 0.794 e. The molecule has 50 valence electrons. The smallest absolute Gasteiger partial charge is 0.0130 e. The minimum atomic E-state index is -1.01. The maximum atomic E-state index is 10.3. The summed E-state index contributed by atoms with van der Waals surface area (Å²) in [7, 11) is -1.01. The van der Waals surface area contributed by atoms with Crippen LogP contribution in [-0.2, 0) is 20.9 Å². The van der Waals surface area contributed by atoms with E-state index in [4.69, 9.17) is 0 Å². The highest BCUT2D eigenvalue weighted by molar-refractivity contribution is 8.25. The highest BCUT2D eigenvalue weighted by atomic mass is 32.8. The summed E-state index contributed by atoms with van der Waals surface area (Å²) in [5.41, 5.74) is 0. The maximum absolute atomic E-state index is 10.3. The van der Waals surface area contributed by atoms with Crippen molar-refractivity contribution >= 4 is 20.9 Å². The average molecular weight is 151 g/mol. The third-order valence-electron chi connectivity index (χ3n) is 1.12. The van der Waals surface area contributed by atoms with Crippen LogP contribution >= 0.6 is 0 Å². The Balaban J connectivity index is 3.24. The van der Waals surface area contributed by atoms with Crippen LogP contribution in [-0.4, -0.2) is 10.3 Å². The van der Waals surface area contributed by atoms with Crippen molar-refractivity contribution in [3.05, 3.63) is 0 Å². The molecule has 0 rings (SSSR count). The van der Waals surface area contributed by atoms with Crippen LogP contribution in [0, 0.1) is 5.92 Å². The summed E-state index contributed by atoms with van der Waals surface area (Å²) >= 11 is 4.49. The van der Waals surface area contributed by atoms with Gasteiger partial charge in [-0.2, -0.15) is 0 Å². The van der Waals surface area contributed by atoms with E-state index in [2.05, 4.69) is 25.0 Å². The Morgan fingerprint density at radius 2 is 2.25 bits per heavy atom. The van der Waals surface area contributed by atoms with Gasteiger partial charge >= 0.3 is 0 Å². The van der Waals surface area contributed by atoms with Crippen molar-refractivity contribution in [2.45, 2.75) is 20.3 Å². The molecule has 0 aromatic carbocycles.